The van der Waals surface area contributed by atoms with Crippen LogP contribution < -0.4 is 54.0 Å². The number of unbranched alkanes of at least 4 members (excludes halogenated alkanes) is 7. The van der Waals surface area contributed by atoms with Crippen molar-refractivity contribution in [1.82, 2.24) is 52.4 Å². The molecule has 1 aromatic heterocycles. The maximum Gasteiger partial charge on any atom is 0.305 e. The van der Waals surface area contributed by atoms with E-state index in [1.54, 1.807) is 13.1 Å². The number of aromatic hydroxyl groups is 1. The molecule has 1 saturated heterocycles. The molecule has 4 rings (SSSR count). The molecule has 0 bridgehead atoms. The van der Waals surface area contributed by atoms with Crippen molar-refractivity contribution in [2.75, 3.05) is 19.6 Å². The Morgan fingerprint density at radius 3 is 1.93 bits per heavy atom. The van der Waals surface area contributed by atoms with Crippen molar-refractivity contribution in [1.29, 1.82) is 0 Å². The van der Waals surface area contributed by atoms with Crippen molar-refractivity contribution in [3.8, 4) is 5.75 Å². The average Bonchev–Trinajstić information content (AvgIpc) is 3.02. The molecular formula is C59H86N12O15. The van der Waals surface area contributed by atoms with Gasteiger partial charge >= 0.3 is 11.9 Å². The molecule has 0 spiro atoms. The van der Waals surface area contributed by atoms with Crippen LogP contribution in [-0.2, 0) is 70.4 Å². The van der Waals surface area contributed by atoms with Crippen LogP contribution in [0.1, 0.15) is 135 Å². The van der Waals surface area contributed by atoms with Crippen LogP contribution in [0.4, 0.5) is 0 Å². The Morgan fingerprint density at radius 1 is 0.651 bits per heavy atom. The molecule has 0 saturated carbocycles. The number of aliphatic carboxylic acids is 2. The van der Waals surface area contributed by atoms with Gasteiger partial charge in [-0.15, -0.1) is 0 Å². The number of carbonyl (C=O) groups excluding carboxylic acids is 10. The number of nitrogens with zero attached hydrogens (tertiary/aromatic N) is 1. The standard InChI is InChI=1S/C59H86N12O15/c1-5-34(2)52(58(85)65-35(3)17-12-10-8-6-7-9-11-13-21-50(76)77)70-49(75)33-63-48(74)32-64-55(82)43(27-37-22-24-39(72)25-23-37)68-56(83)44(30-51(78)79)67-53(80)36(4)66-57(84)46-20-16-26-71(46)59(86)45(29-47(61)73)69-54(81)41(60)28-38-31-62-42-19-15-14-18-40(38)42/h14-15,18-19,22-25,31,34-36,41,43-46,52,62,72H,5-13,16-17,20-21,26-30,32-33,60H2,1-4H3,(H2,61,73)(H,63,74)(H,64,82)(H,65,85)(H,66,84)(H,67,80)(H,68,83)(H,69,81)(H,70,75)(H,76,77)(H,78,79)/t34-,35-,36-,41-,43-,44-,45-,46-,52-/m0/s1. The summed E-state index contributed by atoms with van der Waals surface area (Å²) in [4.78, 5) is 161. The number of aromatic amines is 1. The van der Waals surface area contributed by atoms with E-state index in [2.05, 4.69) is 47.5 Å². The summed E-state index contributed by atoms with van der Waals surface area (Å²) < 4.78 is 0. The van der Waals surface area contributed by atoms with Gasteiger partial charge in [-0.2, -0.15) is 0 Å². The lowest BCUT2D eigenvalue weighted by atomic mass is 9.97. The summed E-state index contributed by atoms with van der Waals surface area (Å²) in [5.74, 6) is -11.1. The molecule has 0 unspecified atom stereocenters. The van der Waals surface area contributed by atoms with E-state index in [-0.39, 0.29) is 55.8 Å². The van der Waals surface area contributed by atoms with E-state index >= 15 is 0 Å². The molecule has 3 aromatic rings. The quantitative estimate of drug-likeness (QED) is 0.0348. The van der Waals surface area contributed by atoms with E-state index in [1.807, 2.05) is 38.1 Å². The van der Waals surface area contributed by atoms with Gasteiger partial charge in [0.1, 0.15) is 42.0 Å². The Bertz CT molecular complexity index is 2830. The Hall–Kier alpha value is -8.62. The van der Waals surface area contributed by atoms with Crippen LogP contribution in [0.2, 0.25) is 0 Å². The first-order valence-corrected chi connectivity index (χ1v) is 29.3. The lowest BCUT2D eigenvalue weighted by Crippen LogP contribution is -2.59. The van der Waals surface area contributed by atoms with E-state index in [9.17, 15) is 67.7 Å². The van der Waals surface area contributed by atoms with Crippen LogP contribution in [0.15, 0.2) is 54.7 Å². The number of benzene rings is 2. The van der Waals surface area contributed by atoms with Gasteiger partial charge in [0.15, 0.2) is 0 Å². The summed E-state index contributed by atoms with van der Waals surface area (Å²) in [7, 11) is 0. The molecule has 0 aliphatic carbocycles. The molecule has 1 fully saturated rings. The highest BCUT2D eigenvalue weighted by Crippen LogP contribution is 2.22. The number of nitrogens with one attached hydrogen (secondary N) is 9. The number of H-pyrrole nitrogens is 1. The number of phenolic OH excluding ortho intramolecular Hbond substituents is 1. The zero-order chi connectivity index (χ0) is 63.5. The molecule has 27 nitrogen and oxygen atoms in total. The predicted molar refractivity (Wildman–Crippen MR) is 315 cm³/mol. The van der Waals surface area contributed by atoms with E-state index in [0.29, 0.717) is 24.8 Å². The number of para-hydroxylation sites is 1. The van der Waals surface area contributed by atoms with Crippen LogP contribution in [0.25, 0.3) is 10.9 Å². The first-order chi connectivity index (χ1) is 40.9. The Labute approximate surface area is 499 Å². The Kier molecular flexibility index (Phi) is 28.9. The third kappa shape index (κ3) is 23.8. The molecule has 472 valence electrons. The highest BCUT2D eigenvalue weighted by molar-refractivity contribution is 5.99. The highest BCUT2D eigenvalue weighted by atomic mass is 16.4. The van der Waals surface area contributed by atoms with Crippen molar-refractivity contribution in [3.63, 3.8) is 0 Å². The van der Waals surface area contributed by atoms with Gasteiger partial charge in [0.05, 0.1) is 32.0 Å². The van der Waals surface area contributed by atoms with Gasteiger partial charge in [0.25, 0.3) is 0 Å². The minimum absolute atomic E-state index is 0.0251. The van der Waals surface area contributed by atoms with E-state index in [4.69, 9.17) is 16.6 Å². The molecule has 2 aromatic carbocycles. The lowest BCUT2D eigenvalue weighted by molar-refractivity contribution is -0.143. The van der Waals surface area contributed by atoms with Crippen molar-refractivity contribution in [3.05, 3.63) is 65.9 Å². The maximum absolute atomic E-state index is 14.0. The number of carbonyl (C=O) groups is 12. The second-order valence-corrected chi connectivity index (χ2v) is 22.0. The number of rotatable bonds is 38. The number of aromatic nitrogens is 1. The van der Waals surface area contributed by atoms with Crippen LogP contribution in [0.5, 0.6) is 5.75 Å². The zero-order valence-electron chi connectivity index (χ0n) is 49.4. The third-order valence-electron chi connectivity index (χ3n) is 14.9. The number of nitrogens with two attached hydrogens (primary N) is 2. The number of hydrogen-bond acceptors (Lipinski definition) is 14. The highest BCUT2D eigenvalue weighted by Gasteiger charge is 2.40. The SMILES string of the molecule is CC[C@H](C)[C@H](NC(=O)CNC(=O)CNC(=O)[C@H](Cc1ccc(O)cc1)NC(=O)[C@H](CC(=O)O)NC(=O)[C@H](C)NC(=O)[C@@H]1CCCN1C(=O)[C@H](CC(N)=O)NC(=O)[C@@H](N)Cc1c[nH]c2ccccc12)C(=O)N[C@@H](C)CCCCCCCCCCC(=O)O. The van der Waals surface area contributed by atoms with Crippen LogP contribution in [0.3, 0.4) is 0 Å². The normalized spacial score (nSPS) is 15.7. The zero-order valence-corrected chi connectivity index (χ0v) is 49.4. The van der Waals surface area contributed by atoms with E-state index in [0.717, 1.165) is 72.7 Å². The fourth-order valence-corrected chi connectivity index (χ4v) is 9.87. The number of hydrogen-bond donors (Lipinski definition) is 14. The van der Waals surface area contributed by atoms with Crippen molar-refractivity contribution >= 4 is 81.9 Å². The minimum Gasteiger partial charge on any atom is -0.508 e. The van der Waals surface area contributed by atoms with Gasteiger partial charge in [0, 0.05) is 42.5 Å². The van der Waals surface area contributed by atoms with Gasteiger partial charge < -0.3 is 79.2 Å². The van der Waals surface area contributed by atoms with Crippen LogP contribution in [0, 0.1) is 5.92 Å². The lowest BCUT2D eigenvalue weighted by Gasteiger charge is -2.29. The molecule has 1 aliphatic heterocycles. The van der Waals surface area contributed by atoms with Gasteiger partial charge in [-0.25, -0.2) is 0 Å². The van der Waals surface area contributed by atoms with E-state index < -0.39 is 133 Å². The molecule has 16 N–H and O–H groups in total. The van der Waals surface area contributed by atoms with Crippen molar-refractivity contribution in [2.24, 2.45) is 17.4 Å². The summed E-state index contributed by atoms with van der Waals surface area (Å²) in [6.45, 7) is 5.54. The molecule has 10 amide bonds. The van der Waals surface area contributed by atoms with Crippen molar-refractivity contribution < 1.29 is 72.9 Å². The number of carboxylic acids is 2. The summed E-state index contributed by atoms with van der Waals surface area (Å²) in [5, 5.41) is 49.4. The number of amides is 10. The second-order valence-electron chi connectivity index (χ2n) is 22.0. The minimum atomic E-state index is -1.85. The number of fused-ring (bicyclic) bond motifs is 1. The third-order valence-corrected chi connectivity index (χ3v) is 14.9. The average molecular weight is 1200 g/mol. The number of likely N-dealkylation sites (tertiary alicyclic amines) is 1. The Morgan fingerprint density at radius 2 is 1.28 bits per heavy atom. The van der Waals surface area contributed by atoms with Gasteiger partial charge in [-0.3, -0.25) is 57.5 Å². The summed E-state index contributed by atoms with van der Waals surface area (Å²) in [5.41, 5.74) is 13.7. The second kappa shape index (κ2) is 35.6. The topological polar surface area (TPSA) is 433 Å². The van der Waals surface area contributed by atoms with Gasteiger partial charge in [-0.1, -0.05) is 95.5 Å². The van der Waals surface area contributed by atoms with Gasteiger partial charge in [-0.05, 0) is 81.2 Å². The van der Waals surface area contributed by atoms with Crippen molar-refractivity contribution in [2.45, 2.75) is 185 Å². The summed E-state index contributed by atoms with van der Waals surface area (Å²) >= 11 is 0. The molecule has 1 aliphatic rings. The fraction of sp³-hybridized carbons (Fsp3) is 0.559. The molecule has 27 heteroatoms. The number of primary amides is 1. The molecular weight excluding hydrogens is 1120 g/mol. The molecule has 2 heterocycles. The smallest absolute Gasteiger partial charge is 0.305 e. The molecule has 86 heavy (non-hydrogen) atoms. The van der Waals surface area contributed by atoms with E-state index in [1.165, 1.54) is 31.2 Å². The predicted octanol–water partition coefficient (Wildman–Crippen LogP) is 0.540. The van der Waals surface area contributed by atoms with Crippen LogP contribution in [-0.4, -0.2) is 164 Å². The van der Waals surface area contributed by atoms with Crippen LogP contribution >= 0.6 is 0 Å². The first-order valence-electron chi connectivity index (χ1n) is 29.3. The molecule has 0 radical (unpaired) electrons. The van der Waals surface area contributed by atoms with Gasteiger partial charge in [0.2, 0.25) is 59.1 Å². The monoisotopic (exact) mass is 1200 g/mol. The summed E-state index contributed by atoms with van der Waals surface area (Å²) in [6.07, 6.45) is 9.31. The summed E-state index contributed by atoms with van der Waals surface area (Å²) in [6, 6.07) is 3.11. The largest absolute Gasteiger partial charge is 0.508 e. The number of carboxylic acid groups (broad SMARTS) is 2. The maximum atomic E-state index is 14.0. The first kappa shape index (κ1) is 69.9. The fourth-order valence-electron chi connectivity index (χ4n) is 9.87. The Balaban J connectivity index is 1.31. The number of phenols is 1. The molecule has 9 atom stereocenters.